The Bertz CT molecular complexity index is 322. The van der Waals surface area contributed by atoms with Gasteiger partial charge in [-0.1, -0.05) is 18.9 Å². The number of aliphatic hydroxyl groups is 1. The lowest BCUT2D eigenvalue weighted by atomic mass is 10.0. The molecule has 2 rings (SSSR count). The van der Waals surface area contributed by atoms with Gasteiger partial charge in [0.15, 0.2) is 0 Å². The van der Waals surface area contributed by atoms with Crippen LogP contribution in [0.1, 0.15) is 31.4 Å². The summed E-state index contributed by atoms with van der Waals surface area (Å²) >= 11 is 0. The molecule has 0 spiro atoms. The first-order chi connectivity index (χ1) is 8.25. The van der Waals surface area contributed by atoms with Gasteiger partial charge < -0.3 is 5.11 Å². The van der Waals surface area contributed by atoms with Gasteiger partial charge in [-0.05, 0) is 37.9 Å². The molecule has 1 heterocycles. The van der Waals surface area contributed by atoms with Crippen molar-refractivity contribution in [2.24, 2.45) is 5.92 Å². The number of nitrogens with zero attached hydrogens (tertiary/aromatic N) is 2. The molecule has 1 atom stereocenters. The van der Waals surface area contributed by atoms with Crippen LogP contribution < -0.4 is 0 Å². The maximum Gasteiger partial charge on any atom is 0.0695 e. The highest BCUT2D eigenvalue weighted by molar-refractivity contribution is 5.03. The lowest BCUT2D eigenvalue weighted by Crippen LogP contribution is -2.33. The maximum absolute atomic E-state index is 10.1. The highest BCUT2D eigenvalue weighted by Gasteiger charge is 2.23. The van der Waals surface area contributed by atoms with E-state index in [1.54, 1.807) is 0 Å². The third-order valence-electron chi connectivity index (χ3n) is 3.60. The third kappa shape index (κ3) is 3.79. The minimum Gasteiger partial charge on any atom is -0.392 e. The summed E-state index contributed by atoms with van der Waals surface area (Å²) in [5.41, 5.74) is 1.06. The van der Waals surface area contributed by atoms with Crippen LogP contribution in [0.4, 0.5) is 0 Å². The van der Waals surface area contributed by atoms with E-state index in [-0.39, 0.29) is 6.10 Å². The van der Waals surface area contributed by atoms with Crippen LogP contribution in [0.3, 0.4) is 0 Å². The Balaban J connectivity index is 1.78. The van der Waals surface area contributed by atoms with Crippen LogP contribution >= 0.6 is 0 Å². The molecular formula is C14H22N2O. The van der Waals surface area contributed by atoms with Crippen molar-refractivity contribution in [1.82, 2.24) is 9.88 Å². The molecule has 1 saturated carbocycles. The number of aliphatic hydroxyl groups excluding tert-OH is 1. The minimum atomic E-state index is -0.175. The topological polar surface area (TPSA) is 36.4 Å². The highest BCUT2D eigenvalue weighted by Crippen LogP contribution is 2.27. The second kappa shape index (κ2) is 6.12. The second-order valence-corrected chi connectivity index (χ2v) is 5.13. The Kier molecular flexibility index (Phi) is 4.51. The van der Waals surface area contributed by atoms with Crippen molar-refractivity contribution < 1.29 is 5.11 Å². The maximum atomic E-state index is 10.1. The Morgan fingerprint density at radius 2 is 2.18 bits per heavy atom. The first-order valence-electron chi connectivity index (χ1n) is 6.52. The first-order valence-corrected chi connectivity index (χ1v) is 6.52. The summed E-state index contributed by atoms with van der Waals surface area (Å²) in [4.78, 5) is 6.46. The summed E-state index contributed by atoms with van der Waals surface area (Å²) in [5.74, 6) is 0.515. The Hall–Kier alpha value is -0.930. The molecule has 0 saturated heterocycles. The second-order valence-electron chi connectivity index (χ2n) is 5.13. The number of pyridine rings is 1. The predicted molar refractivity (Wildman–Crippen MR) is 68.5 cm³/mol. The van der Waals surface area contributed by atoms with Crippen molar-refractivity contribution in [3.05, 3.63) is 30.1 Å². The van der Waals surface area contributed by atoms with Gasteiger partial charge in [-0.15, -0.1) is 0 Å². The Labute approximate surface area is 103 Å². The number of hydrogen-bond acceptors (Lipinski definition) is 3. The summed E-state index contributed by atoms with van der Waals surface area (Å²) in [6, 6.07) is 5.96. The lowest BCUT2D eigenvalue weighted by Gasteiger charge is -2.24. The van der Waals surface area contributed by atoms with Crippen LogP contribution in [0.2, 0.25) is 0 Å². The molecule has 3 heteroatoms. The quantitative estimate of drug-likeness (QED) is 0.847. The Morgan fingerprint density at radius 1 is 1.41 bits per heavy atom. The molecule has 1 fully saturated rings. The molecule has 3 nitrogen and oxygen atoms in total. The highest BCUT2D eigenvalue weighted by atomic mass is 16.3. The zero-order chi connectivity index (χ0) is 12.1. The summed E-state index contributed by atoms with van der Waals surface area (Å²) in [5, 5.41) is 10.1. The number of likely N-dealkylation sites (N-methyl/N-ethyl adjacent to an activating group) is 1. The largest absolute Gasteiger partial charge is 0.392 e. The van der Waals surface area contributed by atoms with E-state index in [2.05, 4.69) is 9.88 Å². The first kappa shape index (κ1) is 12.5. The number of hydrogen-bond donors (Lipinski definition) is 1. The summed E-state index contributed by atoms with van der Waals surface area (Å²) in [7, 11) is 2.05. The average Bonchev–Trinajstić information content (AvgIpc) is 2.83. The van der Waals surface area contributed by atoms with Crippen molar-refractivity contribution in [3.63, 3.8) is 0 Å². The van der Waals surface area contributed by atoms with E-state index in [1.165, 1.54) is 25.7 Å². The summed E-state index contributed by atoms with van der Waals surface area (Å²) < 4.78 is 0. The zero-order valence-electron chi connectivity index (χ0n) is 10.5. The molecule has 0 aromatic carbocycles. The summed E-state index contributed by atoms with van der Waals surface area (Å²) in [6.45, 7) is 1.56. The number of aromatic nitrogens is 1. The van der Waals surface area contributed by atoms with E-state index >= 15 is 0 Å². The van der Waals surface area contributed by atoms with Crippen molar-refractivity contribution in [2.75, 3.05) is 13.6 Å². The smallest absolute Gasteiger partial charge is 0.0695 e. The van der Waals surface area contributed by atoms with Crippen LogP contribution in [-0.4, -0.2) is 34.7 Å². The fourth-order valence-electron chi connectivity index (χ4n) is 2.64. The van der Waals surface area contributed by atoms with Crippen molar-refractivity contribution in [1.29, 1.82) is 0 Å². The van der Waals surface area contributed by atoms with Gasteiger partial charge >= 0.3 is 0 Å². The van der Waals surface area contributed by atoms with Crippen molar-refractivity contribution in [3.8, 4) is 0 Å². The Morgan fingerprint density at radius 3 is 2.82 bits per heavy atom. The van der Waals surface area contributed by atoms with Gasteiger partial charge in [-0.3, -0.25) is 9.88 Å². The van der Waals surface area contributed by atoms with Crippen molar-refractivity contribution >= 4 is 0 Å². The predicted octanol–water partition coefficient (Wildman–Crippen LogP) is 2.06. The van der Waals surface area contributed by atoms with Crippen LogP contribution in [0, 0.1) is 5.92 Å². The van der Waals surface area contributed by atoms with Gasteiger partial charge in [0.2, 0.25) is 0 Å². The molecule has 0 amide bonds. The SMILES string of the molecule is CN(Cc1ccccn1)CC(O)C1CCCC1. The van der Waals surface area contributed by atoms with Crippen LogP contribution in [0.5, 0.6) is 0 Å². The molecule has 1 aromatic heterocycles. The van der Waals surface area contributed by atoms with E-state index in [9.17, 15) is 5.11 Å². The van der Waals surface area contributed by atoms with Gasteiger partial charge in [0.25, 0.3) is 0 Å². The van der Waals surface area contributed by atoms with Crippen LogP contribution in [0.15, 0.2) is 24.4 Å². The minimum absolute atomic E-state index is 0.175. The van der Waals surface area contributed by atoms with Crippen LogP contribution in [-0.2, 0) is 6.54 Å². The normalized spacial score (nSPS) is 18.8. The molecule has 1 aliphatic rings. The van der Waals surface area contributed by atoms with Gasteiger partial charge in [0.05, 0.1) is 11.8 Å². The van der Waals surface area contributed by atoms with E-state index < -0.39 is 0 Å². The van der Waals surface area contributed by atoms with E-state index in [0.29, 0.717) is 5.92 Å². The fourth-order valence-corrected chi connectivity index (χ4v) is 2.64. The molecule has 0 bridgehead atoms. The molecule has 1 N–H and O–H groups in total. The van der Waals surface area contributed by atoms with Gasteiger partial charge in [-0.25, -0.2) is 0 Å². The molecule has 1 unspecified atom stereocenters. The van der Waals surface area contributed by atoms with E-state index in [0.717, 1.165) is 18.8 Å². The molecule has 0 radical (unpaired) electrons. The fraction of sp³-hybridized carbons (Fsp3) is 0.643. The monoisotopic (exact) mass is 234 g/mol. The van der Waals surface area contributed by atoms with Crippen LogP contribution in [0.25, 0.3) is 0 Å². The molecule has 1 aliphatic carbocycles. The molecule has 94 valence electrons. The zero-order valence-corrected chi connectivity index (χ0v) is 10.5. The van der Waals surface area contributed by atoms with Crippen molar-refractivity contribution in [2.45, 2.75) is 38.3 Å². The van der Waals surface area contributed by atoms with Gasteiger partial charge in [0, 0.05) is 19.3 Å². The van der Waals surface area contributed by atoms with Gasteiger partial charge in [-0.2, -0.15) is 0 Å². The average molecular weight is 234 g/mol. The third-order valence-corrected chi connectivity index (χ3v) is 3.60. The number of rotatable bonds is 5. The molecular weight excluding hydrogens is 212 g/mol. The van der Waals surface area contributed by atoms with E-state index in [1.807, 2.05) is 31.4 Å². The standard InChI is InChI=1S/C14H22N2O/c1-16(10-13-8-4-5-9-15-13)11-14(17)12-6-2-3-7-12/h4-5,8-9,12,14,17H,2-3,6-7,10-11H2,1H3. The van der Waals surface area contributed by atoms with Gasteiger partial charge in [0.1, 0.15) is 0 Å². The molecule has 17 heavy (non-hydrogen) atoms. The lowest BCUT2D eigenvalue weighted by molar-refractivity contribution is 0.0721. The molecule has 0 aliphatic heterocycles. The van der Waals surface area contributed by atoms with E-state index in [4.69, 9.17) is 0 Å². The summed E-state index contributed by atoms with van der Waals surface area (Å²) in [6.07, 6.45) is 6.59. The molecule has 1 aromatic rings.